The maximum Gasteiger partial charge on any atom is 0.219 e. The van der Waals surface area contributed by atoms with Crippen LogP contribution in [0.2, 0.25) is 0 Å². The van der Waals surface area contributed by atoms with Gasteiger partial charge >= 0.3 is 0 Å². The lowest BCUT2D eigenvalue weighted by atomic mass is 9.82. The van der Waals surface area contributed by atoms with E-state index in [-0.39, 0.29) is 19.2 Å². The minimum atomic E-state index is -0.179. The fraction of sp³-hybridized carbons (Fsp3) is 0.909. The molecule has 0 atom stereocenters. The van der Waals surface area contributed by atoms with Crippen LogP contribution in [0, 0.1) is 35.5 Å². The zero-order valence-electron chi connectivity index (χ0n) is 18.2. The fourth-order valence-corrected chi connectivity index (χ4v) is 3.60. The van der Waals surface area contributed by atoms with Gasteiger partial charge in [0.05, 0.1) is 0 Å². The summed E-state index contributed by atoms with van der Waals surface area (Å²) in [6, 6.07) is 0. The monoisotopic (exact) mass is 372 g/mol. The molecule has 2 amide bonds. The molecule has 0 saturated carbocycles. The van der Waals surface area contributed by atoms with E-state index >= 15 is 0 Å². The van der Waals surface area contributed by atoms with Gasteiger partial charge in [-0.2, -0.15) is 0 Å². The van der Waals surface area contributed by atoms with Crippen molar-refractivity contribution < 1.29 is 9.59 Å². The van der Waals surface area contributed by atoms with Crippen LogP contribution in [0.3, 0.4) is 0 Å². The summed E-state index contributed by atoms with van der Waals surface area (Å²) < 4.78 is 0. The largest absolute Gasteiger partial charge is 0.370 e. The Hall–Kier alpha value is -1.06. The first-order valence-electron chi connectivity index (χ1n) is 9.92. The third kappa shape index (κ3) is 15.2. The van der Waals surface area contributed by atoms with Crippen LogP contribution in [-0.2, 0) is 9.59 Å². The summed E-state index contributed by atoms with van der Waals surface area (Å²) in [6.45, 7) is 17.7. The summed E-state index contributed by atoms with van der Waals surface area (Å²) in [5.74, 6) is 3.89. The Bertz CT molecular complexity index is 347. The van der Waals surface area contributed by atoms with Crippen LogP contribution in [0.5, 0.6) is 0 Å². The van der Waals surface area contributed by atoms with Crippen LogP contribution >= 0.6 is 0 Å². The molecule has 0 heterocycles. The highest BCUT2D eigenvalue weighted by Crippen LogP contribution is 2.25. The number of amides is 2. The average molecular weight is 373 g/mol. The van der Waals surface area contributed by atoms with E-state index in [0.29, 0.717) is 48.3 Å². The summed E-state index contributed by atoms with van der Waals surface area (Å²) in [5.41, 5.74) is 5.10. The molecule has 0 aliphatic heterocycles. The molecule has 0 saturated heterocycles. The van der Waals surface area contributed by atoms with Crippen LogP contribution in [0.25, 0.3) is 0 Å². The molecule has 4 heteroatoms. The van der Waals surface area contributed by atoms with Crippen molar-refractivity contribution in [2.24, 2.45) is 41.2 Å². The molecule has 0 rings (SSSR count). The van der Waals surface area contributed by atoms with Gasteiger partial charge in [0.2, 0.25) is 11.8 Å². The molecule has 0 aromatic rings. The van der Waals surface area contributed by atoms with Crippen LogP contribution in [-0.4, -0.2) is 18.9 Å². The molecule has 0 radical (unpaired) electrons. The van der Waals surface area contributed by atoms with E-state index < -0.39 is 0 Å². The molecule has 0 fully saturated rings. The lowest BCUT2D eigenvalue weighted by molar-refractivity contribution is -0.121. The van der Waals surface area contributed by atoms with E-state index in [1.54, 1.807) is 7.05 Å². The number of hydrogen-bond donors (Lipinski definition) is 2. The molecule has 0 aromatic heterocycles. The Kier molecular flexibility index (Phi) is 18.4. The average Bonchev–Trinajstić information content (AvgIpc) is 2.46. The zero-order valence-corrected chi connectivity index (χ0v) is 18.2. The first-order chi connectivity index (χ1) is 11.4. The molecule has 0 aliphatic rings. The highest BCUT2D eigenvalue weighted by molar-refractivity contribution is 5.75. The molecular formula is C22H48N2O2. The van der Waals surface area contributed by atoms with Gasteiger partial charge in [-0.1, -0.05) is 62.8 Å². The Morgan fingerprint density at radius 2 is 1.04 bits per heavy atom. The van der Waals surface area contributed by atoms with Crippen molar-refractivity contribution in [3.63, 3.8) is 0 Å². The Labute approximate surface area is 164 Å². The first-order valence-corrected chi connectivity index (χ1v) is 9.92. The van der Waals surface area contributed by atoms with Crippen LogP contribution in [0.1, 0.15) is 88.5 Å². The molecule has 0 aliphatic carbocycles. The van der Waals surface area contributed by atoms with Crippen molar-refractivity contribution in [3.05, 3.63) is 0 Å². The predicted molar refractivity (Wildman–Crippen MR) is 115 cm³/mol. The van der Waals surface area contributed by atoms with Crippen molar-refractivity contribution in [3.8, 4) is 0 Å². The molecule has 0 spiro atoms. The quantitative estimate of drug-likeness (QED) is 0.549. The minimum Gasteiger partial charge on any atom is -0.370 e. The fourth-order valence-electron chi connectivity index (χ4n) is 3.60. The second kappa shape index (κ2) is 16.1. The smallest absolute Gasteiger partial charge is 0.219 e. The highest BCUT2D eigenvalue weighted by Gasteiger charge is 2.18. The van der Waals surface area contributed by atoms with Crippen LogP contribution in [0.4, 0.5) is 0 Å². The van der Waals surface area contributed by atoms with Gasteiger partial charge in [0.25, 0.3) is 0 Å². The van der Waals surface area contributed by atoms with Gasteiger partial charge < -0.3 is 11.1 Å². The first kappa shape index (κ1) is 29.7. The van der Waals surface area contributed by atoms with Gasteiger partial charge in [0, 0.05) is 19.9 Å². The third-order valence-electron chi connectivity index (χ3n) is 5.13. The number of rotatable bonds is 10. The van der Waals surface area contributed by atoms with Crippen molar-refractivity contribution in [1.29, 1.82) is 0 Å². The highest BCUT2D eigenvalue weighted by atomic mass is 16.1. The standard InChI is InChI=1S/C11H23NO.C10H21NO.CH4/c1-8(2)10(9(3)4)6-7-11(13)12-5;1-7(2)9(8(3)4)5-6-10(11)12;/h8-10H,6-7H2,1-5H3,(H,12,13);7-9H,5-6H2,1-4H3,(H2,11,12);1H4. The molecule has 3 N–H and O–H groups in total. The van der Waals surface area contributed by atoms with Crippen LogP contribution < -0.4 is 11.1 Å². The molecular weight excluding hydrogens is 324 g/mol. The van der Waals surface area contributed by atoms with Gasteiger partial charge in [-0.05, 0) is 48.3 Å². The Morgan fingerprint density at radius 1 is 0.731 bits per heavy atom. The van der Waals surface area contributed by atoms with E-state index in [0.717, 1.165) is 12.8 Å². The van der Waals surface area contributed by atoms with E-state index in [1.807, 2.05) is 0 Å². The number of primary amides is 1. The summed E-state index contributed by atoms with van der Waals surface area (Å²) in [5, 5.41) is 2.66. The summed E-state index contributed by atoms with van der Waals surface area (Å²) in [7, 11) is 1.70. The Morgan fingerprint density at radius 3 is 1.27 bits per heavy atom. The van der Waals surface area contributed by atoms with Crippen molar-refractivity contribution >= 4 is 11.8 Å². The molecule has 26 heavy (non-hydrogen) atoms. The third-order valence-corrected chi connectivity index (χ3v) is 5.13. The van der Waals surface area contributed by atoms with Gasteiger partial charge in [-0.3, -0.25) is 9.59 Å². The summed E-state index contributed by atoms with van der Waals surface area (Å²) in [4.78, 5) is 21.6. The molecule has 4 nitrogen and oxygen atoms in total. The van der Waals surface area contributed by atoms with Crippen molar-refractivity contribution in [2.45, 2.75) is 88.5 Å². The van der Waals surface area contributed by atoms with Gasteiger partial charge in [0.1, 0.15) is 0 Å². The number of carbonyl (C=O) groups excluding carboxylic acids is 2. The van der Waals surface area contributed by atoms with Crippen molar-refractivity contribution in [1.82, 2.24) is 5.32 Å². The van der Waals surface area contributed by atoms with E-state index in [9.17, 15) is 9.59 Å². The maximum absolute atomic E-state index is 11.1. The Balaban J connectivity index is -0.000000393. The number of nitrogens with two attached hydrogens (primary N) is 1. The number of nitrogens with one attached hydrogen (secondary N) is 1. The summed E-state index contributed by atoms with van der Waals surface area (Å²) >= 11 is 0. The van der Waals surface area contributed by atoms with Gasteiger partial charge in [0.15, 0.2) is 0 Å². The second-order valence-corrected chi connectivity index (χ2v) is 8.52. The lowest BCUT2D eigenvalue weighted by Gasteiger charge is -2.24. The van der Waals surface area contributed by atoms with Gasteiger partial charge in [-0.25, -0.2) is 0 Å². The van der Waals surface area contributed by atoms with Crippen LogP contribution in [0.15, 0.2) is 0 Å². The number of hydrogen-bond acceptors (Lipinski definition) is 2. The summed E-state index contributed by atoms with van der Waals surface area (Å²) in [6.07, 6.45) is 3.14. The minimum absolute atomic E-state index is 0. The van der Waals surface area contributed by atoms with E-state index in [1.165, 1.54) is 0 Å². The SMILES string of the molecule is C.CC(C)C(CCC(N)=O)C(C)C.CNC(=O)CCC(C(C)C)C(C)C. The normalized spacial score (nSPS) is 11.0. The zero-order chi connectivity index (χ0) is 20.2. The number of carbonyl (C=O) groups is 2. The van der Waals surface area contributed by atoms with Gasteiger partial charge in [-0.15, -0.1) is 0 Å². The second-order valence-electron chi connectivity index (χ2n) is 8.52. The molecule has 0 bridgehead atoms. The molecule has 0 aromatic carbocycles. The molecule has 0 unspecified atom stereocenters. The van der Waals surface area contributed by atoms with Crippen molar-refractivity contribution in [2.75, 3.05) is 7.05 Å². The predicted octanol–water partition coefficient (Wildman–Crippen LogP) is 5.26. The lowest BCUT2D eigenvalue weighted by Crippen LogP contribution is -2.22. The topological polar surface area (TPSA) is 72.2 Å². The molecule has 158 valence electrons. The van der Waals surface area contributed by atoms with E-state index in [2.05, 4.69) is 60.7 Å². The van der Waals surface area contributed by atoms with E-state index in [4.69, 9.17) is 5.73 Å². The maximum atomic E-state index is 11.1.